The largest absolute Gasteiger partial charge is 0.472 e. The number of carbonyl (C=O) groups is 1. The third-order valence-corrected chi connectivity index (χ3v) is 4.89. The summed E-state index contributed by atoms with van der Waals surface area (Å²) in [7, 11) is 0. The van der Waals surface area contributed by atoms with Crippen molar-refractivity contribution in [2.45, 2.75) is 18.9 Å². The van der Waals surface area contributed by atoms with Gasteiger partial charge in [0.05, 0.1) is 17.4 Å². The molecule has 2 aromatic rings. The first-order valence-electron chi connectivity index (χ1n) is 6.79. The molecule has 3 heterocycles. The molecule has 0 N–H and O–H groups in total. The number of likely N-dealkylation sites (tertiary alicyclic amines) is 1. The zero-order chi connectivity index (χ0) is 14.7. The van der Waals surface area contributed by atoms with E-state index in [4.69, 9.17) is 4.74 Å². The Morgan fingerprint density at radius 1 is 1.48 bits per heavy atom. The minimum absolute atomic E-state index is 0.0171. The van der Waals surface area contributed by atoms with E-state index in [-0.39, 0.29) is 12.0 Å². The summed E-state index contributed by atoms with van der Waals surface area (Å²) in [6, 6.07) is 7.72. The van der Waals surface area contributed by atoms with Crippen LogP contribution < -0.4 is 4.74 Å². The Bertz CT molecular complexity index is 618. The summed E-state index contributed by atoms with van der Waals surface area (Å²) in [5, 5.41) is 2.00. The normalized spacial score (nSPS) is 18.0. The molecule has 1 aliphatic rings. The molecule has 6 heteroatoms. The summed E-state index contributed by atoms with van der Waals surface area (Å²) in [6.07, 6.45) is 3.05. The van der Waals surface area contributed by atoms with Crippen LogP contribution in [0.2, 0.25) is 0 Å². The van der Waals surface area contributed by atoms with Crippen molar-refractivity contribution in [1.82, 2.24) is 9.88 Å². The fourth-order valence-corrected chi connectivity index (χ4v) is 3.39. The standard InChI is InChI=1S/C15H15BrN2O2S/c16-13-4-1-6-17-15(13)20-11-5-7-18(10-11)14(19)9-12-3-2-8-21-12/h1-4,6,8,11H,5,7,9-10H2. The van der Waals surface area contributed by atoms with Crippen LogP contribution in [-0.4, -0.2) is 35.0 Å². The highest BCUT2D eigenvalue weighted by atomic mass is 79.9. The maximum atomic E-state index is 12.2. The highest BCUT2D eigenvalue weighted by molar-refractivity contribution is 9.10. The average Bonchev–Trinajstić information content (AvgIpc) is 3.13. The number of halogens is 1. The topological polar surface area (TPSA) is 42.4 Å². The van der Waals surface area contributed by atoms with Crippen LogP contribution in [0.1, 0.15) is 11.3 Å². The zero-order valence-electron chi connectivity index (χ0n) is 11.4. The predicted molar refractivity (Wildman–Crippen MR) is 85.6 cm³/mol. The van der Waals surface area contributed by atoms with E-state index in [9.17, 15) is 4.79 Å². The van der Waals surface area contributed by atoms with Gasteiger partial charge in [-0.25, -0.2) is 4.98 Å². The van der Waals surface area contributed by atoms with Crippen molar-refractivity contribution in [1.29, 1.82) is 0 Å². The Hall–Kier alpha value is -1.40. The smallest absolute Gasteiger partial charge is 0.228 e. The Morgan fingerprint density at radius 2 is 2.38 bits per heavy atom. The van der Waals surface area contributed by atoms with E-state index in [1.807, 2.05) is 34.5 Å². The van der Waals surface area contributed by atoms with Gasteiger partial charge in [-0.3, -0.25) is 4.79 Å². The first kappa shape index (κ1) is 14.5. The van der Waals surface area contributed by atoms with Crippen LogP contribution >= 0.6 is 27.3 Å². The molecule has 1 saturated heterocycles. The van der Waals surface area contributed by atoms with Crippen LogP contribution in [0.25, 0.3) is 0 Å². The van der Waals surface area contributed by atoms with E-state index in [0.29, 0.717) is 18.8 Å². The van der Waals surface area contributed by atoms with E-state index in [1.54, 1.807) is 17.5 Å². The molecule has 4 nitrogen and oxygen atoms in total. The lowest BCUT2D eigenvalue weighted by Crippen LogP contribution is -2.32. The Kier molecular flexibility index (Phi) is 4.55. The fraction of sp³-hybridized carbons (Fsp3) is 0.333. The minimum atomic E-state index is 0.0171. The van der Waals surface area contributed by atoms with Crippen LogP contribution in [0.5, 0.6) is 5.88 Å². The van der Waals surface area contributed by atoms with Crippen LogP contribution in [0.4, 0.5) is 0 Å². The zero-order valence-corrected chi connectivity index (χ0v) is 13.8. The molecule has 1 amide bonds. The Morgan fingerprint density at radius 3 is 3.14 bits per heavy atom. The Balaban J connectivity index is 1.56. The number of hydrogen-bond acceptors (Lipinski definition) is 4. The molecular weight excluding hydrogens is 352 g/mol. The van der Waals surface area contributed by atoms with Gasteiger partial charge in [0.2, 0.25) is 11.8 Å². The number of hydrogen-bond donors (Lipinski definition) is 0. The molecular formula is C15H15BrN2O2S. The van der Waals surface area contributed by atoms with Gasteiger partial charge in [-0.15, -0.1) is 11.3 Å². The van der Waals surface area contributed by atoms with Crippen molar-refractivity contribution in [3.05, 3.63) is 45.2 Å². The summed E-state index contributed by atoms with van der Waals surface area (Å²) in [4.78, 5) is 19.4. The van der Waals surface area contributed by atoms with E-state index >= 15 is 0 Å². The number of nitrogens with zero attached hydrogens (tertiary/aromatic N) is 2. The monoisotopic (exact) mass is 366 g/mol. The lowest BCUT2D eigenvalue weighted by Gasteiger charge is -2.17. The molecule has 0 bridgehead atoms. The van der Waals surface area contributed by atoms with E-state index in [1.165, 1.54) is 0 Å². The van der Waals surface area contributed by atoms with Crippen LogP contribution in [0.3, 0.4) is 0 Å². The highest BCUT2D eigenvalue weighted by Crippen LogP contribution is 2.24. The molecule has 0 aromatic carbocycles. The van der Waals surface area contributed by atoms with Gasteiger partial charge in [0, 0.05) is 24.0 Å². The third-order valence-electron chi connectivity index (χ3n) is 3.41. The van der Waals surface area contributed by atoms with Crippen molar-refractivity contribution in [3.63, 3.8) is 0 Å². The summed E-state index contributed by atoms with van der Waals surface area (Å²) in [5.74, 6) is 0.763. The van der Waals surface area contributed by atoms with Gasteiger partial charge in [-0.2, -0.15) is 0 Å². The molecule has 3 rings (SSSR count). The van der Waals surface area contributed by atoms with Gasteiger partial charge in [0.25, 0.3) is 0 Å². The second-order valence-electron chi connectivity index (χ2n) is 4.91. The number of aromatic nitrogens is 1. The fourth-order valence-electron chi connectivity index (χ4n) is 2.34. The van der Waals surface area contributed by atoms with Crippen LogP contribution in [-0.2, 0) is 11.2 Å². The lowest BCUT2D eigenvalue weighted by molar-refractivity contribution is -0.129. The van der Waals surface area contributed by atoms with E-state index in [0.717, 1.165) is 22.3 Å². The van der Waals surface area contributed by atoms with Gasteiger partial charge in [-0.1, -0.05) is 6.07 Å². The van der Waals surface area contributed by atoms with E-state index < -0.39 is 0 Å². The number of rotatable bonds is 4. The second-order valence-corrected chi connectivity index (χ2v) is 6.80. The molecule has 0 spiro atoms. The maximum Gasteiger partial charge on any atom is 0.228 e. The quantitative estimate of drug-likeness (QED) is 0.834. The molecule has 1 unspecified atom stereocenters. The second kappa shape index (κ2) is 6.58. The predicted octanol–water partition coefficient (Wildman–Crippen LogP) is 3.13. The van der Waals surface area contributed by atoms with Crippen LogP contribution in [0.15, 0.2) is 40.3 Å². The molecule has 1 aliphatic heterocycles. The SMILES string of the molecule is O=C(Cc1cccs1)N1CCC(Oc2ncccc2Br)C1. The van der Waals surface area contributed by atoms with Gasteiger partial charge in [-0.05, 0) is 39.5 Å². The number of pyridine rings is 1. The van der Waals surface area contributed by atoms with Gasteiger partial charge < -0.3 is 9.64 Å². The molecule has 0 radical (unpaired) electrons. The summed E-state index contributed by atoms with van der Waals surface area (Å²) in [6.45, 7) is 1.38. The van der Waals surface area contributed by atoms with Crippen molar-refractivity contribution in [2.75, 3.05) is 13.1 Å². The van der Waals surface area contributed by atoms with Gasteiger partial charge in [0.1, 0.15) is 6.10 Å². The summed E-state index contributed by atoms with van der Waals surface area (Å²) in [5.41, 5.74) is 0. The minimum Gasteiger partial charge on any atom is -0.472 e. The van der Waals surface area contributed by atoms with Gasteiger partial charge in [0.15, 0.2) is 0 Å². The molecule has 1 fully saturated rings. The molecule has 0 aliphatic carbocycles. The lowest BCUT2D eigenvalue weighted by atomic mass is 10.3. The first-order valence-corrected chi connectivity index (χ1v) is 8.47. The highest BCUT2D eigenvalue weighted by Gasteiger charge is 2.28. The Labute approximate surface area is 135 Å². The average molecular weight is 367 g/mol. The first-order chi connectivity index (χ1) is 10.2. The number of amides is 1. The molecule has 110 valence electrons. The van der Waals surface area contributed by atoms with Crippen molar-refractivity contribution in [3.8, 4) is 5.88 Å². The van der Waals surface area contributed by atoms with E-state index in [2.05, 4.69) is 20.9 Å². The summed E-state index contributed by atoms with van der Waals surface area (Å²) < 4.78 is 6.71. The van der Waals surface area contributed by atoms with Crippen molar-refractivity contribution < 1.29 is 9.53 Å². The third kappa shape index (κ3) is 3.63. The molecule has 2 aromatic heterocycles. The van der Waals surface area contributed by atoms with Crippen molar-refractivity contribution in [2.24, 2.45) is 0 Å². The van der Waals surface area contributed by atoms with Crippen molar-refractivity contribution >= 4 is 33.2 Å². The molecule has 21 heavy (non-hydrogen) atoms. The number of thiophene rings is 1. The molecule has 1 atom stereocenters. The maximum absolute atomic E-state index is 12.2. The molecule has 0 saturated carbocycles. The number of ether oxygens (including phenoxy) is 1. The number of carbonyl (C=O) groups excluding carboxylic acids is 1. The van der Waals surface area contributed by atoms with Crippen LogP contribution in [0, 0.1) is 0 Å². The van der Waals surface area contributed by atoms with Gasteiger partial charge >= 0.3 is 0 Å². The summed E-state index contributed by atoms with van der Waals surface area (Å²) >= 11 is 5.04.